The molecule has 2 heterocycles. The van der Waals surface area contributed by atoms with E-state index in [-0.39, 0.29) is 5.91 Å². The zero-order valence-electron chi connectivity index (χ0n) is 15.7. The first kappa shape index (κ1) is 18.2. The second-order valence-corrected chi connectivity index (χ2v) is 7.92. The summed E-state index contributed by atoms with van der Waals surface area (Å²) < 4.78 is 5.72. The Kier molecular flexibility index (Phi) is 5.08. The number of benzene rings is 2. The molecule has 0 bridgehead atoms. The molecule has 4 rings (SSSR count). The van der Waals surface area contributed by atoms with E-state index in [0.29, 0.717) is 10.9 Å². The minimum absolute atomic E-state index is 0.229. The van der Waals surface area contributed by atoms with Gasteiger partial charge in [-0.3, -0.25) is 10.1 Å². The molecule has 0 aliphatic heterocycles. The van der Waals surface area contributed by atoms with Gasteiger partial charge < -0.3 is 4.42 Å². The van der Waals surface area contributed by atoms with Gasteiger partial charge in [0, 0.05) is 29.0 Å². The molecule has 4 nitrogen and oxygen atoms in total. The second kappa shape index (κ2) is 7.82. The lowest BCUT2D eigenvalue weighted by Gasteiger charge is -1.99. The molecule has 0 aliphatic rings. The number of rotatable bonds is 5. The Hall–Kier alpha value is -3.18. The Morgan fingerprint density at radius 1 is 1.11 bits per heavy atom. The molecule has 28 heavy (non-hydrogen) atoms. The van der Waals surface area contributed by atoms with E-state index in [1.165, 1.54) is 34.1 Å². The lowest BCUT2D eigenvalue weighted by molar-refractivity contribution is -0.111. The van der Waals surface area contributed by atoms with Crippen LogP contribution in [0.4, 0.5) is 5.13 Å². The molecule has 4 aromatic rings. The van der Waals surface area contributed by atoms with Crippen molar-refractivity contribution in [3.8, 4) is 0 Å². The number of aromatic nitrogens is 1. The maximum absolute atomic E-state index is 12.2. The Morgan fingerprint density at radius 3 is 2.71 bits per heavy atom. The van der Waals surface area contributed by atoms with E-state index in [4.69, 9.17) is 4.42 Å². The number of aryl methyl sites for hydroxylation is 2. The monoisotopic (exact) mass is 388 g/mol. The zero-order chi connectivity index (χ0) is 19.5. The highest BCUT2D eigenvalue weighted by Crippen LogP contribution is 2.23. The minimum atomic E-state index is -0.229. The van der Waals surface area contributed by atoms with Gasteiger partial charge in [0.2, 0.25) is 5.91 Å². The van der Waals surface area contributed by atoms with Crippen molar-refractivity contribution in [2.75, 3.05) is 5.32 Å². The molecule has 5 heteroatoms. The third-order valence-electron chi connectivity index (χ3n) is 4.37. The van der Waals surface area contributed by atoms with Gasteiger partial charge in [-0.2, -0.15) is 0 Å². The van der Waals surface area contributed by atoms with Gasteiger partial charge in [-0.25, -0.2) is 4.98 Å². The van der Waals surface area contributed by atoms with Crippen LogP contribution in [0.1, 0.15) is 27.3 Å². The van der Waals surface area contributed by atoms with Crippen LogP contribution >= 0.6 is 11.3 Å². The van der Waals surface area contributed by atoms with Crippen LogP contribution in [0.2, 0.25) is 0 Å². The van der Waals surface area contributed by atoms with Gasteiger partial charge in [0.25, 0.3) is 0 Å². The lowest BCUT2D eigenvalue weighted by atomic mass is 10.1. The molecule has 1 N–H and O–H groups in total. The maximum atomic E-state index is 12.2. The summed E-state index contributed by atoms with van der Waals surface area (Å²) in [5.74, 6) is 0.419. The quantitative estimate of drug-likeness (QED) is 0.443. The summed E-state index contributed by atoms with van der Waals surface area (Å²) in [6.07, 6.45) is 5.75. The molecule has 0 fully saturated rings. The van der Waals surface area contributed by atoms with Gasteiger partial charge >= 0.3 is 0 Å². The van der Waals surface area contributed by atoms with E-state index in [1.54, 1.807) is 6.08 Å². The fraction of sp³-hybridized carbons (Fsp3) is 0.130. The van der Waals surface area contributed by atoms with E-state index >= 15 is 0 Å². The molecule has 0 atom stereocenters. The van der Waals surface area contributed by atoms with Crippen molar-refractivity contribution in [1.29, 1.82) is 0 Å². The van der Waals surface area contributed by atoms with Crippen molar-refractivity contribution in [2.45, 2.75) is 20.3 Å². The number of furan rings is 1. The molecule has 0 spiro atoms. The predicted octanol–water partition coefficient (Wildman–Crippen LogP) is 5.75. The van der Waals surface area contributed by atoms with Crippen molar-refractivity contribution in [3.05, 3.63) is 88.1 Å². The molecule has 0 aliphatic carbocycles. The third-order valence-corrected chi connectivity index (χ3v) is 5.29. The van der Waals surface area contributed by atoms with E-state index < -0.39 is 0 Å². The highest BCUT2D eigenvalue weighted by Gasteiger charge is 2.06. The smallest absolute Gasteiger partial charge is 0.250 e. The van der Waals surface area contributed by atoms with Crippen LogP contribution in [0, 0.1) is 13.8 Å². The number of carbonyl (C=O) groups excluding carboxylic acids is 1. The SMILES string of the molecule is Cc1ccc(Cc2cnc(NC(=O)/C=C/c3cc4cc(C)ccc4o3)s2)cc1. The Labute approximate surface area is 167 Å². The normalized spacial score (nSPS) is 11.4. The Balaban J connectivity index is 1.38. The summed E-state index contributed by atoms with van der Waals surface area (Å²) in [7, 11) is 0. The zero-order valence-corrected chi connectivity index (χ0v) is 16.5. The standard InChI is InChI=1S/C23H20N2O2S/c1-15-3-6-17(7-4-15)12-20-14-24-23(28-20)25-22(26)10-8-19-13-18-11-16(2)5-9-21(18)27-19/h3-11,13-14H,12H2,1-2H3,(H,24,25,26)/b10-8+. The molecule has 1 amide bonds. The summed E-state index contributed by atoms with van der Waals surface area (Å²) in [4.78, 5) is 17.6. The van der Waals surface area contributed by atoms with E-state index in [2.05, 4.69) is 47.6 Å². The van der Waals surface area contributed by atoms with Gasteiger partial charge in [0.05, 0.1) is 0 Å². The number of amides is 1. The van der Waals surface area contributed by atoms with Crippen molar-refractivity contribution in [1.82, 2.24) is 4.98 Å². The number of thiazole rings is 1. The number of anilines is 1. The molecule has 2 aromatic heterocycles. The largest absolute Gasteiger partial charge is 0.457 e. The first-order valence-corrected chi connectivity index (χ1v) is 9.86. The Morgan fingerprint density at radius 2 is 1.89 bits per heavy atom. The Bertz CT molecular complexity index is 1150. The van der Waals surface area contributed by atoms with Gasteiger partial charge in [-0.1, -0.05) is 41.5 Å². The van der Waals surface area contributed by atoms with Crippen LogP contribution in [0.15, 0.2) is 65.2 Å². The van der Waals surface area contributed by atoms with Crippen molar-refractivity contribution in [2.24, 2.45) is 0 Å². The van der Waals surface area contributed by atoms with Crippen LogP contribution in [0.5, 0.6) is 0 Å². The van der Waals surface area contributed by atoms with Crippen molar-refractivity contribution < 1.29 is 9.21 Å². The first-order valence-electron chi connectivity index (χ1n) is 9.05. The molecule has 140 valence electrons. The van der Waals surface area contributed by atoms with Crippen molar-refractivity contribution in [3.63, 3.8) is 0 Å². The van der Waals surface area contributed by atoms with Crippen LogP contribution in [-0.2, 0) is 11.2 Å². The van der Waals surface area contributed by atoms with E-state index in [1.807, 2.05) is 31.3 Å². The van der Waals surface area contributed by atoms with Gasteiger partial charge in [0.15, 0.2) is 5.13 Å². The van der Waals surface area contributed by atoms with Crippen LogP contribution < -0.4 is 5.32 Å². The molecule has 0 radical (unpaired) electrons. The predicted molar refractivity (Wildman–Crippen MR) is 115 cm³/mol. The molecule has 0 unspecified atom stereocenters. The molecule has 2 aromatic carbocycles. The highest BCUT2D eigenvalue weighted by molar-refractivity contribution is 7.15. The highest BCUT2D eigenvalue weighted by atomic mass is 32.1. The fourth-order valence-electron chi connectivity index (χ4n) is 2.92. The first-order chi connectivity index (χ1) is 13.5. The lowest BCUT2D eigenvalue weighted by Crippen LogP contribution is -2.06. The number of hydrogen-bond acceptors (Lipinski definition) is 4. The number of hydrogen-bond donors (Lipinski definition) is 1. The van der Waals surface area contributed by atoms with Gasteiger partial charge in [-0.05, 0) is 43.7 Å². The topological polar surface area (TPSA) is 55.1 Å². The molecular weight excluding hydrogens is 368 g/mol. The third kappa shape index (κ3) is 4.38. The summed E-state index contributed by atoms with van der Waals surface area (Å²) in [5, 5.41) is 4.43. The van der Waals surface area contributed by atoms with Crippen LogP contribution in [0.3, 0.4) is 0 Å². The number of nitrogens with zero attached hydrogens (tertiary/aromatic N) is 1. The summed E-state index contributed by atoms with van der Waals surface area (Å²) >= 11 is 1.49. The minimum Gasteiger partial charge on any atom is -0.457 e. The number of carbonyl (C=O) groups is 1. The van der Waals surface area contributed by atoms with E-state index in [9.17, 15) is 4.79 Å². The molecule has 0 saturated carbocycles. The summed E-state index contributed by atoms with van der Waals surface area (Å²) in [6, 6.07) is 16.4. The average molecular weight is 388 g/mol. The number of nitrogens with one attached hydrogen (secondary N) is 1. The molecule has 0 saturated heterocycles. The van der Waals surface area contributed by atoms with E-state index in [0.717, 1.165) is 22.3 Å². The average Bonchev–Trinajstić information content (AvgIpc) is 3.28. The van der Waals surface area contributed by atoms with Gasteiger partial charge in [-0.15, -0.1) is 11.3 Å². The van der Waals surface area contributed by atoms with Crippen LogP contribution in [0.25, 0.3) is 17.0 Å². The number of fused-ring (bicyclic) bond motifs is 1. The molecular formula is C23H20N2O2S. The maximum Gasteiger partial charge on any atom is 0.250 e. The fourth-order valence-corrected chi connectivity index (χ4v) is 3.77. The second-order valence-electron chi connectivity index (χ2n) is 6.81. The van der Waals surface area contributed by atoms with Crippen molar-refractivity contribution >= 4 is 39.4 Å². The van der Waals surface area contributed by atoms with Gasteiger partial charge in [0.1, 0.15) is 11.3 Å². The summed E-state index contributed by atoms with van der Waals surface area (Å²) in [5.41, 5.74) is 4.46. The summed E-state index contributed by atoms with van der Waals surface area (Å²) in [6.45, 7) is 4.11. The van der Waals surface area contributed by atoms with Crippen LogP contribution in [-0.4, -0.2) is 10.9 Å².